The first kappa shape index (κ1) is 11.4. The SMILES string of the molecule is CCOC(=O)[C@@H]1CCCN1.[Na]. The van der Waals surface area contributed by atoms with Crippen molar-refractivity contribution in [1.29, 1.82) is 0 Å². The van der Waals surface area contributed by atoms with Gasteiger partial charge in [-0.05, 0) is 26.3 Å². The summed E-state index contributed by atoms with van der Waals surface area (Å²) in [6, 6.07) is -0.0278. The predicted molar refractivity (Wildman–Crippen MR) is 43.4 cm³/mol. The Morgan fingerprint density at radius 3 is 2.91 bits per heavy atom. The number of hydrogen-bond donors (Lipinski definition) is 1. The van der Waals surface area contributed by atoms with Gasteiger partial charge in [-0.2, -0.15) is 0 Å². The molecule has 0 spiro atoms. The second-order valence-electron chi connectivity index (χ2n) is 2.40. The smallest absolute Gasteiger partial charge is 0.323 e. The van der Waals surface area contributed by atoms with E-state index in [1.54, 1.807) is 0 Å². The second-order valence-corrected chi connectivity index (χ2v) is 2.40. The molecule has 1 fully saturated rings. The number of ether oxygens (including phenoxy) is 1. The van der Waals surface area contributed by atoms with Gasteiger partial charge in [-0.25, -0.2) is 0 Å². The summed E-state index contributed by atoms with van der Waals surface area (Å²) in [4.78, 5) is 11.0. The minimum atomic E-state index is -0.0972. The van der Waals surface area contributed by atoms with Crippen LogP contribution in [0.1, 0.15) is 19.8 Å². The molecule has 0 aromatic carbocycles. The largest absolute Gasteiger partial charge is 0.465 e. The van der Waals surface area contributed by atoms with Gasteiger partial charge in [0.15, 0.2) is 0 Å². The zero-order valence-corrected chi connectivity index (χ0v) is 9.22. The maximum atomic E-state index is 11.0. The van der Waals surface area contributed by atoms with Crippen molar-refractivity contribution < 1.29 is 9.53 Å². The Labute approximate surface area is 89.2 Å². The maximum Gasteiger partial charge on any atom is 0.323 e. The normalized spacial score (nSPS) is 22.5. The molecule has 1 radical (unpaired) electrons. The molecule has 0 unspecified atom stereocenters. The van der Waals surface area contributed by atoms with Crippen molar-refractivity contribution in [2.24, 2.45) is 0 Å². The molecule has 1 atom stereocenters. The Morgan fingerprint density at radius 2 is 2.45 bits per heavy atom. The van der Waals surface area contributed by atoms with Gasteiger partial charge in [0.05, 0.1) is 6.61 Å². The van der Waals surface area contributed by atoms with Crippen molar-refractivity contribution in [3.8, 4) is 0 Å². The fourth-order valence-electron chi connectivity index (χ4n) is 1.13. The third-order valence-corrected chi connectivity index (χ3v) is 1.63. The average Bonchev–Trinajstić information content (AvgIpc) is 2.38. The first-order valence-electron chi connectivity index (χ1n) is 3.74. The van der Waals surface area contributed by atoms with Crippen LogP contribution in [0.4, 0.5) is 0 Å². The summed E-state index contributed by atoms with van der Waals surface area (Å²) in [6.45, 7) is 3.26. The van der Waals surface area contributed by atoms with E-state index in [1.807, 2.05) is 6.92 Å². The van der Waals surface area contributed by atoms with E-state index in [1.165, 1.54) is 0 Å². The van der Waals surface area contributed by atoms with Gasteiger partial charge >= 0.3 is 5.97 Å². The Kier molecular flexibility index (Phi) is 6.24. The molecular weight excluding hydrogens is 153 g/mol. The van der Waals surface area contributed by atoms with E-state index in [0.717, 1.165) is 19.4 Å². The quantitative estimate of drug-likeness (QED) is 0.460. The van der Waals surface area contributed by atoms with Crippen LogP contribution in [-0.2, 0) is 9.53 Å². The number of rotatable bonds is 2. The standard InChI is InChI=1S/C7H13NO2.Na/c1-2-10-7(9)6-4-3-5-8-6;/h6,8H,2-5H2,1H3;/t6-;/m0./s1. The minimum absolute atomic E-state index is 0. The maximum absolute atomic E-state index is 11.0. The van der Waals surface area contributed by atoms with Crippen molar-refractivity contribution >= 4 is 35.5 Å². The number of hydrogen-bond acceptors (Lipinski definition) is 3. The van der Waals surface area contributed by atoms with Crippen LogP contribution in [0.15, 0.2) is 0 Å². The first-order valence-corrected chi connectivity index (χ1v) is 3.74. The van der Waals surface area contributed by atoms with E-state index < -0.39 is 0 Å². The van der Waals surface area contributed by atoms with Crippen molar-refractivity contribution in [3.05, 3.63) is 0 Å². The predicted octanol–water partition coefficient (Wildman–Crippen LogP) is -0.0793. The average molecular weight is 166 g/mol. The van der Waals surface area contributed by atoms with Crippen molar-refractivity contribution in [3.63, 3.8) is 0 Å². The van der Waals surface area contributed by atoms with E-state index in [4.69, 9.17) is 4.74 Å². The van der Waals surface area contributed by atoms with Crippen LogP contribution in [0.25, 0.3) is 0 Å². The summed E-state index contributed by atoms with van der Waals surface area (Å²) in [5.74, 6) is -0.0972. The summed E-state index contributed by atoms with van der Waals surface area (Å²) < 4.78 is 4.82. The van der Waals surface area contributed by atoms with Crippen LogP contribution in [0.5, 0.6) is 0 Å². The van der Waals surface area contributed by atoms with Gasteiger partial charge in [-0.1, -0.05) is 0 Å². The summed E-state index contributed by atoms with van der Waals surface area (Å²) in [5.41, 5.74) is 0. The van der Waals surface area contributed by atoms with Crippen LogP contribution in [0.3, 0.4) is 0 Å². The summed E-state index contributed by atoms with van der Waals surface area (Å²) in [6.07, 6.45) is 2.02. The van der Waals surface area contributed by atoms with Gasteiger partial charge in [0.1, 0.15) is 6.04 Å². The minimum Gasteiger partial charge on any atom is -0.465 e. The van der Waals surface area contributed by atoms with E-state index in [9.17, 15) is 4.79 Å². The fourth-order valence-corrected chi connectivity index (χ4v) is 1.13. The molecule has 1 rings (SSSR count). The molecule has 11 heavy (non-hydrogen) atoms. The van der Waals surface area contributed by atoms with Gasteiger partial charge in [0.25, 0.3) is 0 Å². The summed E-state index contributed by atoms with van der Waals surface area (Å²) >= 11 is 0. The van der Waals surface area contributed by atoms with E-state index in [-0.39, 0.29) is 41.6 Å². The molecule has 1 saturated heterocycles. The molecule has 1 aliphatic rings. The zero-order chi connectivity index (χ0) is 7.40. The van der Waals surface area contributed by atoms with Gasteiger partial charge < -0.3 is 10.1 Å². The third-order valence-electron chi connectivity index (χ3n) is 1.63. The molecule has 0 bridgehead atoms. The molecule has 0 aromatic heterocycles. The topological polar surface area (TPSA) is 38.3 Å². The summed E-state index contributed by atoms with van der Waals surface area (Å²) in [5, 5.41) is 3.07. The zero-order valence-electron chi connectivity index (χ0n) is 7.22. The molecule has 0 aliphatic carbocycles. The number of carbonyl (C=O) groups is 1. The molecule has 3 nitrogen and oxygen atoms in total. The second kappa shape index (κ2) is 6.00. The molecule has 0 amide bonds. The van der Waals surface area contributed by atoms with E-state index in [2.05, 4.69) is 5.32 Å². The number of nitrogens with one attached hydrogen (secondary N) is 1. The molecule has 4 heteroatoms. The van der Waals surface area contributed by atoms with Crippen molar-refractivity contribution in [2.75, 3.05) is 13.2 Å². The van der Waals surface area contributed by atoms with Gasteiger partial charge in [-0.3, -0.25) is 4.79 Å². The van der Waals surface area contributed by atoms with Crippen LogP contribution < -0.4 is 5.32 Å². The van der Waals surface area contributed by atoms with Crippen molar-refractivity contribution in [2.45, 2.75) is 25.8 Å². The van der Waals surface area contributed by atoms with Gasteiger partial charge in [0.2, 0.25) is 0 Å². The Hall–Kier alpha value is 0.430. The molecule has 0 saturated carbocycles. The monoisotopic (exact) mass is 166 g/mol. The van der Waals surface area contributed by atoms with Gasteiger partial charge in [0, 0.05) is 29.6 Å². The van der Waals surface area contributed by atoms with Crippen LogP contribution in [-0.4, -0.2) is 54.7 Å². The number of esters is 1. The van der Waals surface area contributed by atoms with E-state index in [0.29, 0.717) is 6.61 Å². The molecule has 59 valence electrons. The van der Waals surface area contributed by atoms with Gasteiger partial charge in [-0.15, -0.1) is 0 Å². The van der Waals surface area contributed by atoms with Crippen LogP contribution in [0.2, 0.25) is 0 Å². The molecule has 0 aromatic rings. The molecular formula is C7H13NNaO2. The van der Waals surface area contributed by atoms with Crippen molar-refractivity contribution in [1.82, 2.24) is 5.32 Å². The Morgan fingerprint density at radius 1 is 1.73 bits per heavy atom. The number of carbonyl (C=O) groups excluding carboxylic acids is 1. The molecule has 1 N–H and O–H groups in total. The van der Waals surface area contributed by atoms with E-state index >= 15 is 0 Å². The summed E-state index contributed by atoms with van der Waals surface area (Å²) in [7, 11) is 0. The van der Waals surface area contributed by atoms with Crippen LogP contribution >= 0.6 is 0 Å². The fraction of sp³-hybridized carbons (Fsp3) is 0.857. The van der Waals surface area contributed by atoms with Crippen LogP contribution in [0, 0.1) is 0 Å². The Balaban J connectivity index is 0.000001000. The Bertz CT molecular complexity index is 124. The molecule has 1 heterocycles. The third kappa shape index (κ3) is 3.56. The first-order chi connectivity index (χ1) is 4.84. The molecule has 1 aliphatic heterocycles.